The van der Waals surface area contributed by atoms with Crippen molar-refractivity contribution >= 4 is 22.7 Å². The normalized spacial score (nSPS) is 13.2. The molecule has 1 unspecified atom stereocenters. The molecule has 0 radical (unpaired) electrons. The zero-order valence-electron chi connectivity index (χ0n) is 16.8. The fraction of sp³-hybridized carbons (Fsp3) is 0.579. The fourth-order valence-corrected chi connectivity index (χ4v) is 2.99. The predicted octanol–water partition coefficient (Wildman–Crippen LogP) is 1.99. The Kier molecular flexibility index (Phi) is 8.78. The Hall–Kier alpha value is -1.89. The third-order valence-electron chi connectivity index (χ3n) is 3.63. The predicted molar refractivity (Wildman–Crippen MR) is 110 cm³/mol. The van der Waals surface area contributed by atoms with Gasteiger partial charge in [-0.15, -0.1) is 0 Å². The number of nitrogens with zero attached hydrogens (tertiary/aromatic N) is 2. The van der Waals surface area contributed by atoms with Crippen LogP contribution < -0.4 is 10.6 Å². The van der Waals surface area contributed by atoms with E-state index in [9.17, 15) is 9.00 Å². The first-order chi connectivity index (χ1) is 12.1. The van der Waals surface area contributed by atoms with Crippen LogP contribution >= 0.6 is 0 Å². The van der Waals surface area contributed by atoms with Gasteiger partial charge in [-0.2, -0.15) is 0 Å². The zero-order chi connectivity index (χ0) is 19.7. The molecule has 6 nitrogen and oxygen atoms in total. The maximum atomic E-state index is 12.1. The van der Waals surface area contributed by atoms with Crippen molar-refractivity contribution in [3.05, 3.63) is 35.4 Å². The van der Waals surface area contributed by atoms with Crippen LogP contribution in [0.25, 0.3) is 0 Å². The molecule has 0 saturated heterocycles. The number of benzene rings is 1. The number of aliphatic imine (C=N–C) groups is 1. The molecule has 1 amide bonds. The summed E-state index contributed by atoms with van der Waals surface area (Å²) in [6, 6.07) is 7.47. The summed E-state index contributed by atoms with van der Waals surface area (Å²) < 4.78 is 11.9. The van der Waals surface area contributed by atoms with E-state index in [0.717, 1.165) is 12.1 Å². The molecular formula is C19H32N4O2S. The van der Waals surface area contributed by atoms with Crippen molar-refractivity contribution < 1.29 is 9.00 Å². The summed E-state index contributed by atoms with van der Waals surface area (Å²) in [5, 5.41) is 6.41. The Morgan fingerprint density at radius 1 is 1.15 bits per heavy atom. The average molecular weight is 381 g/mol. The van der Waals surface area contributed by atoms with Gasteiger partial charge in [-0.25, -0.2) is 4.99 Å². The SMILES string of the molecule is CCNC(=NCc1ccc(C(=O)N(C)C)cc1)NCCS(=O)C(C)(C)C. The molecule has 146 valence electrons. The van der Waals surface area contributed by atoms with Crippen molar-refractivity contribution in [1.82, 2.24) is 15.5 Å². The summed E-state index contributed by atoms with van der Waals surface area (Å²) in [6.07, 6.45) is 0. The van der Waals surface area contributed by atoms with Crippen molar-refractivity contribution in [3.8, 4) is 0 Å². The molecule has 0 saturated carbocycles. The highest BCUT2D eigenvalue weighted by atomic mass is 32.2. The second-order valence-electron chi connectivity index (χ2n) is 7.18. The van der Waals surface area contributed by atoms with E-state index in [1.165, 1.54) is 0 Å². The molecule has 1 aromatic carbocycles. The molecule has 0 heterocycles. The molecule has 2 N–H and O–H groups in total. The molecule has 7 heteroatoms. The van der Waals surface area contributed by atoms with Gasteiger partial charge in [0.25, 0.3) is 5.91 Å². The number of carbonyl (C=O) groups is 1. The van der Waals surface area contributed by atoms with Crippen LogP contribution in [0, 0.1) is 0 Å². The van der Waals surface area contributed by atoms with E-state index in [-0.39, 0.29) is 10.7 Å². The molecule has 0 spiro atoms. The van der Waals surface area contributed by atoms with Crippen molar-refractivity contribution in [2.75, 3.05) is 32.9 Å². The first-order valence-electron chi connectivity index (χ1n) is 8.86. The monoisotopic (exact) mass is 380 g/mol. The Labute approximate surface area is 159 Å². The summed E-state index contributed by atoms with van der Waals surface area (Å²) in [5.41, 5.74) is 1.69. The highest BCUT2D eigenvalue weighted by Gasteiger charge is 2.18. The van der Waals surface area contributed by atoms with E-state index in [1.807, 2.05) is 52.0 Å². The van der Waals surface area contributed by atoms with Crippen LogP contribution in [0.2, 0.25) is 0 Å². The Morgan fingerprint density at radius 2 is 1.77 bits per heavy atom. The van der Waals surface area contributed by atoms with Crippen molar-refractivity contribution in [3.63, 3.8) is 0 Å². The third-order valence-corrected chi connectivity index (χ3v) is 5.57. The smallest absolute Gasteiger partial charge is 0.253 e. The molecule has 0 bridgehead atoms. The van der Waals surface area contributed by atoms with E-state index < -0.39 is 10.8 Å². The number of amides is 1. The lowest BCUT2D eigenvalue weighted by molar-refractivity contribution is 0.0827. The summed E-state index contributed by atoms with van der Waals surface area (Å²) in [4.78, 5) is 18.0. The Morgan fingerprint density at radius 3 is 2.27 bits per heavy atom. The quantitative estimate of drug-likeness (QED) is 0.560. The van der Waals surface area contributed by atoms with Crippen LogP contribution in [0.1, 0.15) is 43.6 Å². The first kappa shape index (κ1) is 22.2. The lowest BCUT2D eigenvalue weighted by Gasteiger charge is -2.18. The largest absolute Gasteiger partial charge is 0.357 e. The van der Waals surface area contributed by atoms with E-state index in [1.54, 1.807) is 19.0 Å². The van der Waals surface area contributed by atoms with Crippen LogP contribution in [-0.2, 0) is 17.3 Å². The van der Waals surface area contributed by atoms with Crippen molar-refractivity contribution in [2.24, 2.45) is 4.99 Å². The number of carbonyl (C=O) groups excluding carboxylic acids is 1. The Bertz CT molecular complexity index is 634. The van der Waals surface area contributed by atoms with E-state index in [4.69, 9.17) is 0 Å². The van der Waals surface area contributed by atoms with Crippen LogP contribution in [0.5, 0.6) is 0 Å². The lowest BCUT2D eigenvalue weighted by atomic mass is 10.1. The summed E-state index contributed by atoms with van der Waals surface area (Å²) in [5.74, 6) is 1.27. The fourth-order valence-electron chi connectivity index (χ4n) is 2.09. The van der Waals surface area contributed by atoms with Crippen LogP contribution in [0.4, 0.5) is 0 Å². The van der Waals surface area contributed by atoms with Gasteiger partial charge in [0, 0.05) is 54.0 Å². The molecule has 26 heavy (non-hydrogen) atoms. The topological polar surface area (TPSA) is 73.8 Å². The molecule has 0 aromatic heterocycles. The molecule has 0 aliphatic rings. The highest BCUT2D eigenvalue weighted by molar-refractivity contribution is 7.86. The average Bonchev–Trinajstić information content (AvgIpc) is 2.58. The van der Waals surface area contributed by atoms with Crippen LogP contribution in [0.3, 0.4) is 0 Å². The minimum absolute atomic E-state index is 0.0121. The van der Waals surface area contributed by atoms with Gasteiger partial charge in [-0.3, -0.25) is 9.00 Å². The molecule has 1 atom stereocenters. The Balaban J connectivity index is 2.63. The number of hydrogen-bond donors (Lipinski definition) is 2. The van der Waals surface area contributed by atoms with E-state index in [0.29, 0.717) is 30.4 Å². The van der Waals surface area contributed by atoms with E-state index >= 15 is 0 Å². The van der Waals surface area contributed by atoms with E-state index in [2.05, 4.69) is 15.6 Å². The van der Waals surface area contributed by atoms with Crippen LogP contribution in [0.15, 0.2) is 29.3 Å². The molecule has 0 fully saturated rings. The molecule has 1 rings (SSSR count). The van der Waals surface area contributed by atoms with Gasteiger partial charge in [0.2, 0.25) is 0 Å². The third kappa shape index (κ3) is 7.56. The van der Waals surface area contributed by atoms with Gasteiger partial charge >= 0.3 is 0 Å². The molecular weight excluding hydrogens is 348 g/mol. The molecule has 1 aromatic rings. The van der Waals surface area contributed by atoms with Gasteiger partial charge in [-0.1, -0.05) is 12.1 Å². The number of guanidine groups is 1. The van der Waals surface area contributed by atoms with Gasteiger partial charge in [0.1, 0.15) is 0 Å². The first-order valence-corrected chi connectivity index (χ1v) is 10.2. The maximum Gasteiger partial charge on any atom is 0.253 e. The maximum absolute atomic E-state index is 12.1. The molecule has 0 aliphatic carbocycles. The summed E-state index contributed by atoms with van der Waals surface area (Å²) in [7, 11) is 2.59. The zero-order valence-corrected chi connectivity index (χ0v) is 17.6. The number of nitrogens with one attached hydrogen (secondary N) is 2. The van der Waals surface area contributed by atoms with Crippen molar-refractivity contribution in [1.29, 1.82) is 0 Å². The number of rotatable bonds is 7. The second kappa shape index (κ2) is 10.3. The highest BCUT2D eigenvalue weighted by Crippen LogP contribution is 2.10. The molecule has 0 aliphatic heterocycles. The van der Waals surface area contributed by atoms with Gasteiger partial charge in [0.05, 0.1) is 6.54 Å². The van der Waals surface area contributed by atoms with Gasteiger partial charge < -0.3 is 15.5 Å². The van der Waals surface area contributed by atoms with Crippen molar-refractivity contribution in [2.45, 2.75) is 39.0 Å². The standard InChI is InChI=1S/C19H32N4O2S/c1-7-20-18(21-12-13-26(25)19(2,3)4)22-14-15-8-10-16(11-9-15)17(24)23(5)6/h8-11H,7,12-14H2,1-6H3,(H2,20,21,22). The minimum atomic E-state index is -0.890. The van der Waals surface area contributed by atoms with Gasteiger partial charge in [-0.05, 0) is 45.4 Å². The minimum Gasteiger partial charge on any atom is -0.357 e. The van der Waals surface area contributed by atoms with Gasteiger partial charge in [0.15, 0.2) is 5.96 Å². The van der Waals surface area contributed by atoms with Crippen LogP contribution in [-0.4, -0.2) is 58.7 Å². The summed E-state index contributed by atoms with van der Waals surface area (Å²) >= 11 is 0. The lowest BCUT2D eigenvalue weighted by Crippen LogP contribution is -2.40. The second-order valence-corrected chi connectivity index (χ2v) is 9.50. The number of hydrogen-bond acceptors (Lipinski definition) is 3. The summed E-state index contributed by atoms with van der Waals surface area (Å²) in [6.45, 7) is 9.81.